The maximum atomic E-state index is 15.4. The Balaban J connectivity index is 0.000000175. The van der Waals surface area contributed by atoms with Crippen LogP contribution < -0.4 is 16.4 Å². The maximum Gasteiger partial charge on any atom is 0.410 e. The molecule has 5 aromatic carbocycles. The Morgan fingerprint density at radius 3 is 1.36 bits per heavy atom. The molecule has 9 aromatic rings. The second-order valence-electron chi connectivity index (χ2n) is 21.7. The summed E-state index contributed by atoms with van der Waals surface area (Å²) in [5.41, 5.74) is 6.16. The molecule has 29 heteroatoms. The molecule has 0 unspecified atom stereocenters. The van der Waals surface area contributed by atoms with Gasteiger partial charge in [-0.15, -0.1) is 0 Å². The van der Waals surface area contributed by atoms with Gasteiger partial charge in [0.25, 0.3) is 11.8 Å². The van der Waals surface area contributed by atoms with Gasteiger partial charge in [0.15, 0.2) is 17.8 Å². The summed E-state index contributed by atoms with van der Waals surface area (Å²) in [6.45, 7) is 5.35. The molecule has 6 heterocycles. The van der Waals surface area contributed by atoms with E-state index in [1.54, 1.807) is 150 Å². The predicted molar refractivity (Wildman–Crippen MR) is 341 cm³/mol. The number of hydrogen-bond donors (Lipinski definition) is 3. The van der Waals surface area contributed by atoms with E-state index >= 15 is 4.39 Å². The van der Waals surface area contributed by atoms with Gasteiger partial charge in [-0.3, -0.25) is 14.2 Å². The van der Waals surface area contributed by atoms with Crippen LogP contribution in [0.5, 0.6) is 0 Å². The summed E-state index contributed by atoms with van der Waals surface area (Å²) in [4.78, 5) is 65.2. The standard InChI is InChI=1S/C21H24FN5O3.C17H15FN6O.C10H6N4O2.C10H8N4.C7H4BrN/c1-20(2,3)30-19(29)26-9-5-8-21(22,13-26)18(28)25-17-12-27(14-24-17)16-7-4-6-15(10-16)11-23;18-17(5-2-6-23(10-17)11-20)16(25)22-15-9-24(12-21-15)14-4-1-3-13(7-14)8-19;11-5-8-2-1-3-9(4-8)13-6-10(12-7-13)14(15)16;11-5-8-2-1-3-9(4-8)14-6-10(12)13-7-14;8-7-3-1-2-6(4-7)5-9/h4,6-7,10,12,14H,5,8-9,13H2,1-3H3,(H,25,28);1,3-4,7,9,12H,2,5-6,10H2,(H,22,25);1-4,6-7H;1-4,6-7H,12H2;1-4H/t21-;17-;;;/m11.../s1. The first kappa shape index (κ1) is 68.9. The average molecular weight is 1330 g/mol. The molecule has 0 spiro atoms. The summed E-state index contributed by atoms with van der Waals surface area (Å²) < 4.78 is 43.0. The van der Waals surface area contributed by atoms with Gasteiger partial charge in [0, 0.05) is 34.6 Å². The number of piperidine rings is 2. The number of rotatable bonds is 9. The molecule has 0 saturated carbocycles. The number of alkyl halides is 2. The van der Waals surface area contributed by atoms with Crippen LogP contribution in [0.4, 0.5) is 36.8 Å². The highest BCUT2D eigenvalue weighted by Gasteiger charge is 2.45. The molecule has 26 nitrogen and oxygen atoms in total. The van der Waals surface area contributed by atoms with Crippen molar-refractivity contribution in [2.45, 2.75) is 63.4 Å². The Morgan fingerprint density at radius 2 is 0.979 bits per heavy atom. The van der Waals surface area contributed by atoms with Crippen LogP contribution in [-0.2, 0) is 14.3 Å². The molecule has 474 valence electrons. The molecular formula is C65H57BrF2N20O6. The largest absolute Gasteiger partial charge is 0.444 e. The van der Waals surface area contributed by atoms with E-state index in [0.717, 1.165) is 10.2 Å². The van der Waals surface area contributed by atoms with E-state index in [1.807, 2.05) is 48.7 Å². The monoisotopic (exact) mass is 1330 g/mol. The predicted octanol–water partition coefficient (Wildman–Crippen LogP) is 10.7. The van der Waals surface area contributed by atoms with Gasteiger partial charge in [0.1, 0.15) is 36.6 Å². The number of nitrogen functional groups attached to an aromatic ring is 1. The number of amides is 3. The van der Waals surface area contributed by atoms with Gasteiger partial charge in [-0.05, 0) is 147 Å². The lowest BCUT2D eigenvalue weighted by atomic mass is 9.94. The van der Waals surface area contributed by atoms with Gasteiger partial charge < -0.3 is 54.7 Å². The second kappa shape index (κ2) is 31.7. The molecule has 4 N–H and O–H groups in total. The molecule has 2 aliphatic rings. The SMILES string of the molecule is CC(C)(C)OC(=O)N1CCC[C@](F)(C(=O)Nc2cn(-c3cccc(C#N)c3)cn2)C1.N#Cc1cccc(-n2cnc(N)c2)c1.N#Cc1cccc(-n2cnc(NC(=O)[C@@]3(F)CCCN(C#N)C3)c2)c1.N#Cc1cccc(-n2cnc([N+](=O)[O-])c2)c1.N#Cc1cccc(Br)c1. The van der Waals surface area contributed by atoms with Crippen LogP contribution in [0.2, 0.25) is 0 Å². The van der Waals surface area contributed by atoms with E-state index in [4.69, 9.17) is 42.0 Å². The van der Waals surface area contributed by atoms with Crippen LogP contribution in [0, 0.1) is 78.2 Å². The average Bonchev–Trinajstić information content (AvgIpc) is 1.17. The third-order valence-electron chi connectivity index (χ3n) is 13.5. The van der Waals surface area contributed by atoms with Gasteiger partial charge in [-0.1, -0.05) is 46.3 Å². The van der Waals surface area contributed by atoms with Crippen molar-refractivity contribution >= 4 is 57.1 Å². The van der Waals surface area contributed by atoms with Gasteiger partial charge in [0.05, 0.1) is 95.5 Å². The molecule has 2 atom stereocenters. The number of nitro groups is 1. The summed E-state index contributed by atoms with van der Waals surface area (Å²) >= 11 is 3.25. The number of hydrogen-bond acceptors (Lipinski definition) is 18. The first-order chi connectivity index (χ1) is 44.9. The van der Waals surface area contributed by atoms with Crippen molar-refractivity contribution in [2.75, 3.05) is 42.5 Å². The Kier molecular flexibility index (Phi) is 23.3. The van der Waals surface area contributed by atoms with Crippen LogP contribution in [0.1, 0.15) is 74.3 Å². The normalized spacial score (nSPS) is 15.2. The molecule has 0 aliphatic carbocycles. The summed E-state index contributed by atoms with van der Waals surface area (Å²) in [6, 6.07) is 45.2. The van der Waals surface area contributed by atoms with Crippen molar-refractivity contribution < 1.29 is 32.8 Å². The highest BCUT2D eigenvalue weighted by Crippen LogP contribution is 2.30. The topological polar surface area (TPSA) is 374 Å². The molecule has 4 aromatic heterocycles. The van der Waals surface area contributed by atoms with Crippen molar-refractivity contribution in [3.8, 4) is 59.3 Å². The molecule has 2 fully saturated rings. The highest BCUT2D eigenvalue weighted by molar-refractivity contribution is 9.10. The van der Waals surface area contributed by atoms with E-state index in [9.17, 15) is 28.9 Å². The summed E-state index contributed by atoms with van der Waals surface area (Å²) in [5.74, 6) is -1.03. The fourth-order valence-electron chi connectivity index (χ4n) is 9.00. The number of aromatic nitrogens is 8. The number of nitrogens with two attached hydrogens (primary N) is 1. The van der Waals surface area contributed by atoms with Crippen molar-refractivity contribution in [1.82, 2.24) is 48.0 Å². The number of anilines is 3. The minimum absolute atomic E-state index is 0.00303. The number of carbonyl (C=O) groups is 3. The Labute approximate surface area is 546 Å². The molecule has 2 aliphatic heterocycles. The van der Waals surface area contributed by atoms with E-state index < -0.39 is 39.8 Å². The highest BCUT2D eigenvalue weighted by atomic mass is 79.9. The number of nitrogens with one attached hydrogen (secondary N) is 2. The zero-order valence-electron chi connectivity index (χ0n) is 50.6. The number of imidazole rings is 4. The minimum atomic E-state index is -2.24. The number of nitrogens with zero attached hydrogens (tertiary/aromatic N) is 17. The van der Waals surface area contributed by atoms with Crippen molar-refractivity contribution in [3.63, 3.8) is 0 Å². The van der Waals surface area contributed by atoms with Crippen molar-refractivity contribution in [2.24, 2.45) is 0 Å². The molecule has 0 bridgehead atoms. The van der Waals surface area contributed by atoms with E-state index in [2.05, 4.69) is 58.6 Å². The van der Waals surface area contributed by atoms with Gasteiger partial charge in [-0.25, -0.2) is 28.5 Å². The Hall–Kier alpha value is -12.6. The molecule has 94 heavy (non-hydrogen) atoms. The molecule has 3 amide bonds. The fraction of sp³-hybridized carbons (Fsp3) is 0.215. The van der Waals surface area contributed by atoms with E-state index in [-0.39, 0.29) is 43.4 Å². The molecule has 2 saturated heterocycles. The van der Waals surface area contributed by atoms with Crippen LogP contribution in [0.3, 0.4) is 0 Å². The molecule has 11 rings (SSSR count). The van der Waals surface area contributed by atoms with Crippen LogP contribution in [0.15, 0.2) is 176 Å². The van der Waals surface area contributed by atoms with Gasteiger partial charge in [0.2, 0.25) is 17.7 Å². The third-order valence-corrected chi connectivity index (χ3v) is 14.0. The first-order valence-corrected chi connectivity index (χ1v) is 29.1. The summed E-state index contributed by atoms with van der Waals surface area (Å²) in [7, 11) is 0. The summed E-state index contributed by atoms with van der Waals surface area (Å²) in [6.07, 6.45) is 14.1. The van der Waals surface area contributed by atoms with Gasteiger partial charge >= 0.3 is 11.9 Å². The number of ether oxygens (including phenoxy) is 1. The lowest BCUT2D eigenvalue weighted by molar-refractivity contribution is -0.389. The molecular weight excluding hydrogens is 1270 g/mol. The zero-order valence-corrected chi connectivity index (χ0v) is 52.2. The maximum absolute atomic E-state index is 15.4. The van der Waals surface area contributed by atoms with Crippen LogP contribution >= 0.6 is 15.9 Å². The van der Waals surface area contributed by atoms with Crippen LogP contribution in [0.25, 0.3) is 22.7 Å². The third kappa shape index (κ3) is 19.5. The van der Waals surface area contributed by atoms with E-state index in [0.29, 0.717) is 76.6 Å². The number of likely N-dealkylation sites (tertiary alicyclic amines) is 2. The molecule has 0 radical (unpaired) electrons. The zero-order chi connectivity index (χ0) is 68.0. The number of carbonyl (C=O) groups excluding carboxylic acids is 3. The second-order valence-corrected chi connectivity index (χ2v) is 22.6. The first-order valence-electron chi connectivity index (χ1n) is 28.3. The lowest BCUT2D eigenvalue weighted by Gasteiger charge is -2.36. The van der Waals surface area contributed by atoms with E-state index in [1.165, 1.54) is 45.7 Å². The quantitative estimate of drug-likeness (QED) is 0.0686. The minimum Gasteiger partial charge on any atom is -0.444 e. The Morgan fingerprint density at radius 1 is 0.585 bits per heavy atom. The smallest absolute Gasteiger partial charge is 0.410 e. The van der Waals surface area contributed by atoms with Crippen molar-refractivity contribution in [3.05, 3.63) is 214 Å². The Bertz CT molecular complexity index is 4460. The van der Waals surface area contributed by atoms with Gasteiger partial charge in [-0.2, -0.15) is 31.6 Å². The fourth-order valence-corrected chi connectivity index (χ4v) is 9.40. The number of benzene rings is 5. The number of halogens is 3. The lowest BCUT2D eigenvalue weighted by Crippen LogP contribution is -2.54. The summed E-state index contributed by atoms with van der Waals surface area (Å²) in [5, 5.41) is 68.1. The van der Waals surface area contributed by atoms with Crippen LogP contribution in [-0.4, -0.2) is 114 Å². The van der Waals surface area contributed by atoms with Crippen molar-refractivity contribution in [1.29, 1.82) is 31.6 Å². The number of nitriles is 6.